The molecule has 0 saturated heterocycles. The maximum atomic E-state index is 12.3. The quantitative estimate of drug-likeness (QED) is 0.327. The molecule has 0 bridgehead atoms. The van der Waals surface area contributed by atoms with E-state index in [4.69, 9.17) is 9.26 Å². The molecule has 2 saturated carbocycles. The first-order valence-corrected chi connectivity index (χ1v) is 14.1. The highest BCUT2D eigenvalue weighted by atomic mass is 32.2. The van der Waals surface area contributed by atoms with Crippen LogP contribution in [0.3, 0.4) is 0 Å². The Morgan fingerprint density at radius 2 is 1.95 bits per heavy atom. The molecule has 37 heavy (non-hydrogen) atoms. The maximum Gasteiger partial charge on any atom is 0.235 e. The summed E-state index contributed by atoms with van der Waals surface area (Å²) in [6, 6.07) is 15.9. The van der Waals surface area contributed by atoms with Crippen molar-refractivity contribution < 1.29 is 17.7 Å². The second-order valence-corrected chi connectivity index (χ2v) is 11.7. The van der Waals surface area contributed by atoms with E-state index in [1.54, 1.807) is 19.1 Å². The summed E-state index contributed by atoms with van der Waals surface area (Å²) in [5.41, 5.74) is 3.85. The topological polar surface area (TPSA) is 123 Å². The Balaban J connectivity index is 1.33. The summed E-state index contributed by atoms with van der Waals surface area (Å²) in [7, 11) is -3.33. The predicted octanol–water partition coefficient (Wildman–Crippen LogP) is 5.12. The maximum absolute atomic E-state index is 12.3. The second kappa shape index (κ2) is 9.23. The van der Waals surface area contributed by atoms with Crippen molar-refractivity contribution in [2.45, 2.75) is 56.7 Å². The smallest absolute Gasteiger partial charge is 0.235 e. The molecule has 0 spiro atoms. The standard InChI is InChI=1S/C27H27N5O4S/c1-17-29-26(30-36-17)13-14-35-21-9-12-23-24(16-28)27(32(25(23)15-21)20-3-2-4-20)18-5-7-19(8-6-18)31-37(33,34)22-10-11-22/h5-9,12,15,20,22,31H,2-4,10-11,13-14H2,1H3. The van der Waals surface area contributed by atoms with Crippen LogP contribution in [0.2, 0.25) is 0 Å². The molecule has 2 heterocycles. The van der Waals surface area contributed by atoms with Crippen molar-refractivity contribution in [3.05, 3.63) is 59.7 Å². The first kappa shape index (κ1) is 23.6. The van der Waals surface area contributed by atoms with Crippen molar-refractivity contribution in [2.24, 2.45) is 0 Å². The molecule has 2 aliphatic rings. The van der Waals surface area contributed by atoms with Crippen molar-refractivity contribution in [1.82, 2.24) is 14.7 Å². The lowest BCUT2D eigenvalue weighted by Crippen LogP contribution is -2.18. The minimum Gasteiger partial charge on any atom is -0.493 e. The number of rotatable bonds is 9. The highest BCUT2D eigenvalue weighted by Gasteiger charge is 2.35. The van der Waals surface area contributed by atoms with Gasteiger partial charge < -0.3 is 13.8 Å². The van der Waals surface area contributed by atoms with Gasteiger partial charge in [-0.05, 0) is 61.9 Å². The highest BCUT2D eigenvalue weighted by molar-refractivity contribution is 7.93. The fraction of sp³-hybridized carbons (Fsp3) is 0.370. The Kier molecular flexibility index (Phi) is 5.88. The zero-order valence-electron chi connectivity index (χ0n) is 20.5. The van der Waals surface area contributed by atoms with Crippen LogP contribution in [0.1, 0.15) is 55.4 Å². The molecular weight excluding hydrogens is 490 g/mol. The summed E-state index contributed by atoms with van der Waals surface area (Å²) in [6.07, 6.45) is 5.19. The fourth-order valence-corrected chi connectivity index (χ4v) is 6.21. The molecule has 0 unspecified atom stereocenters. The molecule has 0 amide bonds. The number of sulfonamides is 1. The molecule has 2 aromatic carbocycles. The lowest BCUT2D eigenvalue weighted by Gasteiger charge is -2.30. The molecular formula is C27H27N5O4S. The summed E-state index contributed by atoms with van der Waals surface area (Å²) in [4.78, 5) is 4.21. The van der Waals surface area contributed by atoms with Gasteiger partial charge in [0.2, 0.25) is 15.9 Å². The lowest BCUT2D eigenvalue weighted by atomic mass is 9.92. The molecule has 10 heteroatoms. The first-order valence-electron chi connectivity index (χ1n) is 12.5. The number of aromatic nitrogens is 3. The van der Waals surface area contributed by atoms with E-state index in [1.807, 2.05) is 30.3 Å². The average molecular weight is 518 g/mol. The van der Waals surface area contributed by atoms with E-state index in [0.29, 0.717) is 60.6 Å². The van der Waals surface area contributed by atoms with Gasteiger partial charge in [-0.15, -0.1) is 0 Å². The summed E-state index contributed by atoms with van der Waals surface area (Å²) >= 11 is 0. The zero-order chi connectivity index (χ0) is 25.6. The van der Waals surface area contributed by atoms with Crippen LogP contribution >= 0.6 is 0 Å². The third-order valence-electron chi connectivity index (χ3n) is 7.07. The van der Waals surface area contributed by atoms with Crippen LogP contribution in [0.15, 0.2) is 47.0 Å². The van der Waals surface area contributed by atoms with Gasteiger partial charge in [0.1, 0.15) is 11.8 Å². The predicted molar refractivity (Wildman–Crippen MR) is 139 cm³/mol. The molecule has 9 nitrogen and oxygen atoms in total. The van der Waals surface area contributed by atoms with Gasteiger partial charge in [-0.3, -0.25) is 4.72 Å². The van der Waals surface area contributed by atoms with Gasteiger partial charge in [0, 0.05) is 36.5 Å². The first-order chi connectivity index (χ1) is 17.9. The van der Waals surface area contributed by atoms with Gasteiger partial charge in [0.05, 0.1) is 28.6 Å². The number of hydrogen-bond donors (Lipinski definition) is 1. The molecule has 1 N–H and O–H groups in total. The highest BCUT2D eigenvalue weighted by Crippen LogP contribution is 2.43. The van der Waals surface area contributed by atoms with Gasteiger partial charge in [0.25, 0.3) is 0 Å². The molecule has 6 rings (SSSR count). The molecule has 4 aromatic rings. The molecule has 2 fully saturated rings. The number of anilines is 1. The largest absolute Gasteiger partial charge is 0.493 e. The third-order valence-corrected chi connectivity index (χ3v) is 8.94. The number of nitriles is 1. The summed E-state index contributed by atoms with van der Waals surface area (Å²) in [6.45, 7) is 2.16. The van der Waals surface area contributed by atoms with Crippen molar-refractivity contribution >= 4 is 26.6 Å². The van der Waals surface area contributed by atoms with Gasteiger partial charge >= 0.3 is 0 Å². The number of nitrogens with zero attached hydrogens (tertiary/aromatic N) is 4. The number of fused-ring (bicyclic) bond motifs is 1. The second-order valence-electron chi connectivity index (χ2n) is 9.72. The van der Waals surface area contributed by atoms with Gasteiger partial charge in [0.15, 0.2) is 5.82 Å². The summed E-state index contributed by atoms with van der Waals surface area (Å²) in [5, 5.41) is 14.7. The molecule has 0 aliphatic heterocycles. The lowest BCUT2D eigenvalue weighted by molar-refractivity contribution is 0.312. The van der Waals surface area contributed by atoms with E-state index in [9.17, 15) is 13.7 Å². The van der Waals surface area contributed by atoms with Crippen LogP contribution in [0.5, 0.6) is 5.75 Å². The van der Waals surface area contributed by atoms with E-state index in [0.717, 1.165) is 41.4 Å². The third kappa shape index (κ3) is 4.55. The van der Waals surface area contributed by atoms with Gasteiger partial charge in [-0.2, -0.15) is 10.2 Å². The fourth-order valence-electron chi connectivity index (χ4n) is 4.83. The summed E-state index contributed by atoms with van der Waals surface area (Å²) in [5.74, 6) is 1.85. The van der Waals surface area contributed by atoms with Crippen LogP contribution < -0.4 is 9.46 Å². The summed E-state index contributed by atoms with van der Waals surface area (Å²) < 4.78 is 40.6. The molecule has 0 radical (unpaired) electrons. The van der Waals surface area contributed by atoms with Crippen LogP contribution in [0.4, 0.5) is 5.69 Å². The minimum absolute atomic E-state index is 0.286. The van der Waals surface area contributed by atoms with E-state index in [1.165, 1.54) is 0 Å². The van der Waals surface area contributed by atoms with Crippen LogP contribution in [-0.2, 0) is 16.4 Å². The number of ether oxygens (including phenoxy) is 1. The Bertz CT molecular complexity index is 1610. The Morgan fingerprint density at radius 3 is 2.57 bits per heavy atom. The van der Waals surface area contributed by atoms with E-state index < -0.39 is 10.0 Å². The van der Waals surface area contributed by atoms with Crippen molar-refractivity contribution in [3.63, 3.8) is 0 Å². The Hall–Kier alpha value is -3.84. The number of aryl methyl sites for hydroxylation is 1. The number of benzene rings is 2. The monoisotopic (exact) mass is 517 g/mol. The molecule has 0 atom stereocenters. The van der Waals surface area contributed by atoms with Crippen molar-refractivity contribution in [1.29, 1.82) is 5.26 Å². The number of nitrogens with one attached hydrogen (secondary N) is 1. The van der Waals surface area contributed by atoms with Crippen LogP contribution in [0, 0.1) is 18.3 Å². The molecule has 2 aromatic heterocycles. The molecule has 190 valence electrons. The van der Waals surface area contributed by atoms with Crippen molar-refractivity contribution in [3.8, 4) is 23.1 Å². The average Bonchev–Trinajstić information content (AvgIpc) is 3.57. The van der Waals surface area contributed by atoms with Gasteiger partial charge in [-0.1, -0.05) is 17.3 Å². The Morgan fingerprint density at radius 1 is 1.16 bits per heavy atom. The van der Waals surface area contributed by atoms with Crippen molar-refractivity contribution in [2.75, 3.05) is 11.3 Å². The normalized spacial score (nSPS) is 15.9. The van der Waals surface area contributed by atoms with Gasteiger partial charge in [-0.25, -0.2) is 8.42 Å². The molecule has 2 aliphatic carbocycles. The van der Waals surface area contributed by atoms with E-state index in [2.05, 4.69) is 25.5 Å². The number of hydrogen-bond acceptors (Lipinski definition) is 7. The van der Waals surface area contributed by atoms with Crippen LogP contribution in [-0.4, -0.2) is 35.0 Å². The zero-order valence-corrected chi connectivity index (χ0v) is 21.3. The van der Waals surface area contributed by atoms with E-state index in [-0.39, 0.29) is 5.25 Å². The van der Waals surface area contributed by atoms with Crippen LogP contribution in [0.25, 0.3) is 22.2 Å². The van der Waals surface area contributed by atoms with E-state index >= 15 is 0 Å². The Labute approximate surface area is 215 Å². The SMILES string of the molecule is Cc1nc(CCOc2ccc3c(C#N)c(-c4ccc(NS(=O)(=O)C5CC5)cc4)n(C4CCC4)c3c2)no1. The minimum atomic E-state index is -3.33.